The number of para-hydroxylation sites is 1. The third kappa shape index (κ3) is 8.03. The van der Waals surface area contributed by atoms with Gasteiger partial charge in [-0.2, -0.15) is 0 Å². The molecule has 0 aliphatic heterocycles. The van der Waals surface area contributed by atoms with E-state index in [-0.39, 0.29) is 0 Å². The second kappa shape index (κ2) is 13.2. The van der Waals surface area contributed by atoms with Crippen molar-refractivity contribution in [3.05, 3.63) is 120 Å². The smallest absolute Gasteiger partial charge is 0.133 e. The number of anilines is 1. The number of aliphatic imine (C=N–C) groups is 1. The number of nitrogen functional groups attached to an aromatic ring is 1. The molecule has 0 heterocycles. The molecule has 2 aromatic carbocycles. The number of benzene rings is 2. The molecule has 0 aromatic heterocycles. The standard InChI is InChI=1S/C16H20N4.C10H11N/c1-3-4-5-8-13(11-17)12(2)20-16(19)14-9-6-7-10-15(14)18;1-3-9-6-4-5-7-10(9)8(2)11/h3-11H,2,17-18H2,1H3,(H2,19,20);3-7,11H,1H2,2H3/b4-3-,8-5-,13-11-;. The van der Waals surface area contributed by atoms with Crippen LogP contribution in [-0.4, -0.2) is 11.5 Å². The number of hydrogen-bond acceptors (Lipinski definition) is 4. The summed E-state index contributed by atoms with van der Waals surface area (Å²) in [6.07, 6.45) is 10.7. The summed E-state index contributed by atoms with van der Waals surface area (Å²) in [6.45, 7) is 11.3. The van der Waals surface area contributed by atoms with Gasteiger partial charge in [0.15, 0.2) is 0 Å². The van der Waals surface area contributed by atoms with Crippen molar-refractivity contribution in [2.45, 2.75) is 13.8 Å². The Bertz CT molecular complexity index is 1040. The van der Waals surface area contributed by atoms with Crippen molar-refractivity contribution in [3.63, 3.8) is 0 Å². The highest BCUT2D eigenvalue weighted by atomic mass is 14.9. The predicted molar refractivity (Wildman–Crippen MR) is 136 cm³/mol. The van der Waals surface area contributed by atoms with Gasteiger partial charge in [-0.25, -0.2) is 4.99 Å². The van der Waals surface area contributed by atoms with Crippen LogP contribution in [0.5, 0.6) is 0 Å². The molecule has 0 aliphatic carbocycles. The van der Waals surface area contributed by atoms with Gasteiger partial charge in [-0.3, -0.25) is 0 Å². The van der Waals surface area contributed by atoms with Gasteiger partial charge < -0.3 is 22.6 Å². The highest BCUT2D eigenvalue weighted by molar-refractivity contribution is 6.02. The van der Waals surface area contributed by atoms with E-state index >= 15 is 0 Å². The molecule has 0 saturated carbocycles. The quantitative estimate of drug-likeness (QED) is 0.217. The molecule has 5 nitrogen and oxygen atoms in total. The Hall–Kier alpha value is -4.12. The zero-order chi connectivity index (χ0) is 23.2. The fourth-order valence-electron chi connectivity index (χ4n) is 2.54. The molecule has 0 atom stereocenters. The van der Waals surface area contributed by atoms with Crippen LogP contribution in [0.1, 0.15) is 30.5 Å². The average molecular weight is 414 g/mol. The first-order valence-electron chi connectivity index (χ1n) is 9.72. The lowest BCUT2D eigenvalue weighted by atomic mass is 10.0. The van der Waals surface area contributed by atoms with E-state index in [2.05, 4.69) is 18.2 Å². The van der Waals surface area contributed by atoms with Crippen LogP contribution in [0.3, 0.4) is 0 Å². The molecule has 0 bridgehead atoms. The first-order chi connectivity index (χ1) is 14.8. The van der Waals surface area contributed by atoms with Crippen LogP contribution in [-0.2, 0) is 0 Å². The first kappa shape index (κ1) is 24.9. The van der Waals surface area contributed by atoms with Gasteiger partial charge in [-0.1, -0.05) is 79.9 Å². The van der Waals surface area contributed by atoms with E-state index < -0.39 is 0 Å². The number of nitrogens with zero attached hydrogens (tertiary/aromatic N) is 1. The predicted octanol–water partition coefficient (Wildman–Crippen LogP) is 5.18. The normalized spacial score (nSPS) is 11.8. The summed E-state index contributed by atoms with van der Waals surface area (Å²) in [6, 6.07) is 15.0. The van der Waals surface area contributed by atoms with Crippen LogP contribution < -0.4 is 17.2 Å². The molecule has 0 saturated heterocycles. The highest BCUT2D eigenvalue weighted by Crippen LogP contribution is 2.14. The van der Waals surface area contributed by atoms with Crippen molar-refractivity contribution < 1.29 is 0 Å². The summed E-state index contributed by atoms with van der Waals surface area (Å²) < 4.78 is 0. The third-order valence-corrected chi connectivity index (χ3v) is 4.17. The van der Waals surface area contributed by atoms with Gasteiger partial charge in [0.2, 0.25) is 0 Å². The van der Waals surface area contributed by atoms with Crippen LogP contribution in [0.15, 0.2) is 108 Å². The second-order valence-electron chi connectivity index (χ2n) is 6.45. The van der Waals surface area contributed by atoms with Crippen LogP contribution >= 0.6 is 0 Å². The number of hydrogen-bond donors (Lipinski definition) is 4. The van der Waals surface area contributed by atoms with E-state index in [1.165, 1.54) is 6.20 Å². The maximum atomic E-state index is 7.43. The van der Waals surface area contributed by atoms with Gasteiger partial charge in [0.1, 0.15) is 5.84 Å². The summed E-state index contributed by atoms with van der Waals surface area (Å²) in [4.78, 5) is 4.25. The van der Waals surface area contributed by atoms with E-state index in [0.29, 0.717) is 34.1 Å². The summed E-state index contributed by atoms with van der Waals surface area (Å²) in [7, 11) is 0. The van der Waals surface area contributed by atoms with E-state index in [0.717, 1.165) is 11.1 Å². The van der Waals surface area contributed by atoms with Crippen LogP contribution in [0.4, 0.5) is 5.69 Å². The zero-order valence-corrected chi connectivity index (χ0v) is 18.2. The summed E-state index contributed by atoms with van der Waals surface area (Å²) in [5.74, 6) is 0.312. The minimum Gasteiger partial charge on any atom is -0.404 e. The number of nitrogens with one attached hydrogen (secondary N) is 1. The molecular formula is C26H31N5. The Morgan fingerprint density at radius 3 is 2.16 bits per heavy atom. The molecule has 2 rings (SSSR count). The zero-order valence-electron chi connectivity index (χ0n) is 18.2. The van der Waals surface area contributed by atoms with Gasteiger partial charge in [0.25, 0.3) is 0 Å². The highest BCUT2D eigenvalue weighted by Gasteiger charge is 2.04. The molecule has 0 radical (unpaired) electrons. The summed E-state index contributed by atoms with van der Waals surface area (Å²) in [5.41, 5.74) is 22.4. The van der Waals surface area contributed by atoms with Crippen molar-refractivity contribution in [2.24, 2.45) is 16.5 Å². The monoisotopic (exact) mass is 413 g/mol. The van der Waals surface area contributed by atoms with Crippen molar-refractivity contribution in [1.82, 2.24) is 0 Å². The Labute approximate surface area is 185 Å². The fourth-order valence-corrected chi connectivity index (χ4v) is 2.54. The molecule has 160 valence electrons. The van der Waals surface area contributed by atoms with Crippen LogP contribution in [0.2, 0.25) is 0 Å². The molecule has 2 aromatic rings. The Kier molecular flexibility index (Phi) is 10.6. The molecule has 31 heavy (non-hydrogen) atoms. The number of allylic oxidation sites excluding steroid dienone is 4. The van der Waals surface area contributed by atoms with Crippen LogP contribution in [0.25, 0.3) is 6.08 Å². The lowest BCUT2D eigenvalue weighted by Gasteiger charge is -2.06. The molecule has 0 unspecified atom stereocenters. The summed E-state index contributed by atoms with van der Waals surface area (Å²) >= 11 is 0. The van der Waals surface area contributed by atoms with E-state index in [9.17, 15) is 0 Å². The molecule has 0 amide bonds. The van der Waals surface area contributed by atoms with Crippen molar-refractivity contribution in [1.29, 1.82) is 5.41 Å². The Morgan fingerprint density at radius 1 is 1.03 bits per heavy atom. The van der Waals surface area contributed by atoms with Gasteiger partial charge in [0.05, 0.1) is 5.70 Å². The number of nitrogens with two attached hydrogens (primary N) is 3. The molecule has 0 aliphatic rings. The minimum atomic E-state index is 0.312. The number of rotatable bonds is 7. The third-order valence-electron chi connectivity index (χ3n) is 4.17. The van der Waals surface area contributed by atoms with Crippen molar-refractivity contribution in [3.8, 4) is 0 Å². The Morgan fingerprint density at radius 2 is 1.65 bits per heavy atom. The maximum absolute atomic E-state index is 7.43. The largest absolute Gasteiger partial charge is 0.404 e. The maximum Gasteiger partial charge on any atom is 0.133 e. The second-order valence-corrected chi connectivity index (χ2v) is 6.45. The SMILES string of the molecule is C=C(N=C(N)c1ccccc1N)C(/C=C\C=C/C)=C\N.C=Cc1ccccc1C(C)=N. The average Bonchev–Trinajstić information content (AvgIpc) is 2.77. The van der Waals surface area contributed by atoms with Crippen molar-refractivity contribution >= 4 is 23.3 Å². The van der Waals surface area contributed by atoms with E-state index in [4.69, 9.17) is 22.6 Å². The number of amidine groups is 1. The molecular weight excluding hydrogens is 382 g/mol. The first-order valence-corrected chi connectivity index (χ1v) is 9.72. The van der Waals surface area contributed by atoms with Crippen molar-refractivity contribution in [2.75, 3.05) is 5.73 Å². The van der Waals surface area contributed by atoms with Gasteiger partial charge in [-0.05, 0) is 31.5 Å². The van der Waals surface area contributed by atoms with E-state index in [1.54, 1.807) is 19.1 Å². The molecule has 0 fully saturated rings. The summed E-state index contributed by atoms with van der Waals surface area (Å²) in [5, 5.41) is 7.43. The Balaban J connectivity index is 0.000000367. The fraction of sp³-hybridized carbons (Fsp3) is 0.0769. The molecule has 5 heteroatoms. The van der Waals surface area contributed by atoms with E-state index in [1.807, 2.05) is 73.7 Å². The topological polar surface area (TPSA) is 114 Å². The van der Waals surface area contributed by atoms with Gasteiger partial charge >= 0.3 is 0 Å². The lowest BCUT2D eigenvalue weighted by Crippen LogP contribution is -2.15. The molecule has 7 N–H and O–H groups in total. The van der Waals surface area contributed by atoms with Gasteiger partial charge in [-0.15, -0.1) is 0 Å². The lowest BCUT2D eigenvalue weighted by molar-refractivity contribution is 1.31. The van der Waals surface area contributed by atoms with Crippen LogP contribution in [0, 0.1) is 5.41 Å². The van der Waals surface area contributed by atoms with Gasteiger partial charge in [0, 0.05) is 34.3 Å². The molecule has 0 spiro atoms. The minimum absolute atomic E-state index is 0.312.